The molecule has 0 bridgehead atoms. The van der Waals surface area contributed by atoms with E-state index >= 15 is 0 Å². The maximum Gasteiger partial charge on any atom is 0.239 e. The summed E-state index contributed by atoms with van der Waals surface area (Å²) < 4.78 is 10.1. The average molecular weight is 304 g/mol. The Morgan fingerprint density at radius 2 is 2.05 bits per heavy atom. The molecule has 0 radical (unpaired) electrons. The number of para-hydroxylation sites is 2. The number of aromatic nitrogens is 3. The lowest BCUT2D eigenvalue weighted by molar-refractivity contribution is 0.413. The number of anilines is 1. The molecular weight excluding hydrogens is 292 g/mol. The monoisotopic (exact) mass is 304 g/mol. The summed E-state index contributed by atoms with van der Waals surface area (Å²) >= 11 is 5.70. The van der Waals surface area contributed by atoms with Crippen LogP contribution in [0.4, 0.5) is 5.95 Å². The molecule has 1 aromatic carbocycles. The Balaban J connectivity index is 2.24. The van der Waals surface area contributed by atoms with Crippen molar-refractivity contribution in [1.82, 2.24) is 14.8 Å². The largest absolute Gasteiger partial charge is 0.495 e. The van der Waals surface area contributed by atoms with Gasteiger partial charge < -0.3 is 9.46 Å². The quantitative estimate of drug-likeness (QED) is 0.726. The zero-order valence-electron chi connectivity index (χ0n) is 10.6. The molecule has 0 aliphatic carbocycles. The Morgan fingerprint density at radius 3 is 2.75 bits per heavy atom. The van der Waals surface area contributed by atoms with Gasteiger partial charge in [-0.3, -0.25) is 4.57 Å². The molecule has 0 aliphatic heterocycles. The van der Waals surface area contributed by atoms with Crippen molar-refractivity contribution in [2.24, 2.45) is 0 Å². The zero-order valence-corrected chi connectivity index (χ0v) is 12.4. The van der Waals surface area contributed by atoms with Crippen molar-refractivity contribution in [1.29, 1.82) is 0 Å². The maximum absolute atomic E-state index is 5.42. The number of thiophene rings is 1. The van der Waals surface area contributed by atoms with Crippen LogP contribution in [0.3, 0.4) is 0 Å². The molecule has 0 saturated carbocycles. The summed E-state index contributed by atoms with van der Waals surface area (Å²) in [6, 6.07) is 11.7. The fourth-order valence-corrected chi connectivity index (χ4v) is 2.81. The van der Waals surface area contributed by atoms with Gasteiger partial charge in [0.2, 0.25) is 5.95 Å². The summed E-state index contributed by atoms with van der Waals surface area (Å²) in [5.41, 5.74) is 0.861. The molecule has 0 amide bonds. The van der Waals surface area contributed by atoms with Crippen molar-refractivity contribution >= 4 is 30.1 Å². The molecule has 2 aromatic heterocycles. The average Bonchev–Trinajstić information content (AvgIpc) is 3.15. The molecule has 20 heavy (non-hydrogen) atoms. The second kappa shape index (κ2) is 5.56. The molecule has 2 heterocycles. The van der Waals surface area contributed by atoms with Crippen LogP contribution < -0.4 is 9.46 Å². The van der Waals surface area contributed by atoms with Crippen LogP contribution in [0, 0.1) is 0 Å². The van der Waals surface area contributed by atoms with Crippen LogP contribution in [0.1, 0.15) is 0 Å². The van der Waals surface area contributed by atoms with Crippen molar-refractivity contribution in [2.45, 2.75) is 0 Å². The molecule has 1 N–H and O–H groups in total. The molecule has 3 rings (SSSR count). The van der Waals surface area contributed by atoms with Gasteiger partial charge in [0.1, 0.15) is 5.75 Å². The third-order valence-corrected chi connectivity index (χ3v) is 3.90. The van der Waals surface area contributed by atoms with E-state index in [1.54, 1.807) is 18.4 Å². The minimum Gasteiger partial charge on any atom is -0.495 e. The smallest absolute Gasteiger partial charge is 0.239 e. The number of hydrogen-bond donors (Lipinski definition) is 2. The van der Waals surface area contributed by atoms with Crippen molar-refractivity contribution in [3.8, 4) is 22.1 Å². The van der Waals surface area contributed by atoms with E-state index in [-0.39, 0.29) is 0 Å². The normalized spacial score (nSPS) is 10.5. The second-order valence-corrected chi connectivity index (χ2v) is 5.11. The first-order valence-electron chi connectivity index (χ1n) is 5.88. The lowest BCUT2D eigenvalue weighted by Crippen LogP contribution is -2.02. The minimum atomic E-state index is 0.543. The number of thiol groups is 1. The fourth-order valence-electron chi connectivity index (χ4n) is 1.96. The van der Waals surface area contributed by atoms with Gasteiger partial charge >= 0.3 is 0 Å². The summed E-state index contributed by atoms with van der Waals surface area (Å²) in [4.78, 5) is 1.03. The molecule has 0 spiro atoms. The summed E-state index contributed by atoms with van der Waals surface area (Å²) in [6.07, 6.45) is 0. The maximum atomic E-state index is 5.42. The highest BCUT2D eigenvalue weighted by molar-refractivity contribution is 7.81. The van der Waals surface area contributed by atoms with Crippen LogP contribution in [-0.4, -0.2) is 21.9 Å². The molecule has 0 unspecified atom stereocenters. The second-order valence-electron chi connectivity index (χ2n) is 3.94. The number of methoxy groups -OCH3 is 1. The summed E-state index contributed by atoms with van der Waals surface area (Å²) in [7, 11) is 1.64. The summed E-state index contributed by atoms with van der Waals surface area (Å²) in [6.45, 7) is 0. The third kappa shape index (κ3) is 2.14. The first-order chi connectivity index (χ1) is 9.85. The van der Waals surface area contributed by atoms with Crippen LogP contribution in [-0.2, 0) is 0 Å². The first kappa shape index (κ1) is 13.0. The van der Waals surface area contributed by atoms with E-state index < -0.39 is 0 Å². The van der Waals surface area contributed by atoms with Crippen molar-refractivity contribution in [3.05, 3.63) is 41.8 Å². The molecular formula is C13H12N4OS2. The van der Waals surface area contributed by atoms with Crippen LogP contribution in [0.2, 0.25) is 0 Å². The predicted molar refractivity (Wildman–Crippen MR) is 83.8 cm³/mol. The van der Waals surface area contributed by atoms with Crippen molar-refractivity contribution in [3.63, 3.8) is 0 Å². The van der Waals surface area contributed by atoms with Gasteiger partial charge in [-0.25, -0.2) is 0 Å². The molecule has 3 aromatic rings. The van der Waals surface area contributed by atoms with Gasteiger partial charge in [0.05, 0.1) is 17.7 Å². The molecule has 0 aliphatic rings. The molecule has 0 saturated heterocycles. The van der Waals surface area contributed by atoms with Gasteiger partial charge in [-0.05, 0) is 23.6 Å². The predicted octanol–water partition coefficient (Wildman–Crippen LogP) is 3.26. The lowest BCUT2D eigenvalue weighted by Gasteiger charge is -2.12. The number of benzene rings is 1. The van der Waals surface area contributed by atoms with Gasteiger partial charge in [-0.1, -0.05) is 31.0 Å². The Kier molecular flexibility index (Phi) is 3.62. The van der Waals surface area contributed by atoms with Crippen LogP contribution in [0.25, 0.3) is 16.4 Å². The van der Waals surface area contributed by atoms with E-state index in [1.165, 1.54) is 0 Å². The summed E-state index contributed by atoms with van der Waals surface area (Å²) in [5.74, 6) is 2.04. The number of rotatable bonds is 4. The number of ether oxygens (including phenoxy) is 1. The van der Waals surface area contributed by atoms with Gasteiger partial charge in [0.25, 0.3) is 0 Å². The van der Waals surface area contributed by atoms with Crippen LogP contribution in [0.5, 0.6) is 5.75 Å². The summed E-state index contributed by atoms with van der Waals surface area (Å²) in [5, 5.41) is 10.4. The Hall–Kier alpha value is -1.99. The molecule has 102 valence electrons. The Labute approximate surface area is 125 Å². The van der Waals surface area contributed by atoms with Crippen LogP contribution in [0.15, 0.2) is 41.8 Å². The van der Waals surface area contributed by atoms with Crippen molar-refractivity contribution in [2.75, 3.05) is 11.8 Å². The fraction of sp³-hybridized carbons (Fsp3) is 0.0769. The standard InChI is InChI=1S/C13H12N4OS2/c1-18-10-6-3-2-5-9(10)17-12(11-7-4-8-20-11)14-15-13(17)16-19/h2-8,19H,1H3,(H,15,16). The van der Waals surface area contributed by atoms with Gasteiger partial charge in [0, 0.05) is 0 Å². The number of hydrogen-bond acceptors (Lipinski definition) is 6. The van der Waals surface area contributed by atoms with E-state index in [0.717, 1.165) is 22.1 Å². The SMILES string of the molecule is COc1ccccc1-n1c(NS)nnc1-c1cccs1. The van der Waals surface area contributed by atoms with Crippen LogP contribution >= 0.6 is 24.2 Å². The number of nitrogens with one attached hydrogen (secondary N) is 1. The van der Waals surface area contributed by atoms with E-state index in [2.05, 4.69) is 27.7 Å². The Bertz CT molecular complexity index is 709. The van der Waals surface area contributed by atoms with E-state index in [1.807, 2.05) is 46.3 Å². The van der Waals surface area contributed by atoms with E-state index in [9.17, 15) is 0 Å². The Morgan fingerprint density at radius 1 is 1.20 bits per heavy atom. The first-order valence-corrected chi connectivity index (χ1v) is 7.20. The van der Waals surface area contributed by atoms with Gasteiger partial charge in [-0.2, -0.15) is 0 Å². The van der Waals surface area contributed by atoms with Gasteiger partial charge in [0.15, 0.2) is 5.82 Å². The van der Waals surface area contributed by atoms with E-state index in [0.29, 0.717) is 5.95 Å². The topological polar surface area (TPSA) is 52.0 Å². The number of nitrogens with zero attached hydrogens (tertiary/aromatic N) is 3. The third-order valence-electron chi connectivity index (χ3n) is 2.83. The highest BCUT2D eigenvalue weighted by atomic mass is 32.1. The van der Waals surface area contributed by atoms with Gasteiger partial charge in [-0.15, -0.1) is 21.5 Å². The lowest BCUT2D eigenvalue weighted by atomic mass is 10.3. The molecule has 5 nitrogen and oxygen atoms in total. The molecule has 0 atom stereocenters. The molecule has 0 fully saturated rings. The molecule has 7 heteroatoms. The van der Waals surface area contributed by atoms with E-state index in [4.69, 9.17) is 4.74 Å². The van der Waals surface area contributed by atoms with Crippen molar-refractivity contribution < 1.29 is 4.74 Å². The highest BCUT2D eigenvalue weighted by Crippen LogP contribution is 2.32. The minimum absolute atomic E-state index is 0.543. The zero-order chi connectivity index (χ0) is 13.9. The highest BCUT2D eigenvalue weighted by Gasteiger charge is 2.18.